The fourth-order valence-electron chi connectivity index (χ4n) is 2.01. The minimum atomic E-state index is -0.589. The van der Waals surface area contributed by atoms with Gasteiger partial charge < -0.3 is 5.11 Å². The number of nitrogens with zero attached hydrogens (tertiary/aromatic N) is 1. The summed E-state index contributed by atoms with van der Waals surface area (Å²) < 4.78 is 0. The minimum Gasteiger partial charge on any atom is -0.384 e. The second-order valence-corrected chi connectivity index (χ2v) is 6.10. The van der Waals surface area contributed by atoms with Gasteiger partial charge >= 0.3 is 0 Å². The van der Waals surface area contributed by atoms with Gasteiger partial charge in [-0.1, -0.05) is 25.7 Å². The highest BCUT2D eigenvalue weighted by Crippen LogP contribution is 2.33. The summed E-state index contributed by atoms with van der Waals surface area (Å²) in [6.07, 6.45) is 0.272. The molecular formula is C14H15NO3S. The summed E-state index contributed by atoms with van der Waals surface area (Å²) in [5.74, 6) is 5.13. The molecule has 1 aromatic heterocycles. The molecule has 1 aliphatic rings. The van der Waals surface area contributed by atoms with Crippen molar-refractivity contribution in [2.24, 2.45) is 5.41 Å². The fourth-order valence-corrected chi connectivity index (χ4v) is 2.82. The number of carbonyl (C=O) groups is 2. The second kappa shape index (κ2) is 5.16. The zero-order chi connectivity index (χ0) is 14.0. The first kappa shape index (κ1) is 13.8. The summed E-state index contributed by atoms with van der Waals surface area (Å²) in [7, 11) is 0. The van der Waals surface area contributed by atoms with Crippen molar-refractivity contribution >= 4 is 23.2 Å². The smallest absolute Gasteiger partial charge is 0.235 e. The van der Waals surface area contributed by atoms with Gasteiger partial charge in [0, 0.05) is 22.2 Å². The van der Waals surface area contributed by atoms with Crippen LogP contribution in [0.2, 0.25) is 0 Å². The predicted octanol–water partition coefficient (Wildman–Crippen LogP) is 1.38. The third-order valence-corrected chi connectivity index (χ3v) is 3.92. The molecule has 1 aromatic rings. The van der Waals surface area contributed by atoms with Crippen molar-refractivity contribution in [1.82, 2.24) is 4.90 Å². The molecule has 0 radical (unpaired) electrons. The number of carbonyl (C=O) groups excluding carboxylic acids is 2. The molecular weight excluding hydrogens is 262 g/mol. The molecule has 1 aliphatic heterocycles. The standard InChI is InChI=1S/C14H15NO3S/c1-14(2)7-12(17)15(13(14)18)8-11-6-10(9-19-11)4-3-5-16/h6,9,16H,5,7-8H2,1-2H3. The molecule has 0 saturated carbocycles. The van der Waals surface area contributed by atoms with Crippen LogP contribution >= 0.6 is 11.3 Å². The monoisotopic (exact) mass is 277 g/mol. The highest BCUT2D eigenvalue weighted by Gasteiger charge is 2.44. The summed E-state index contributed by atoms with van der Waals surface area (Å²) in [5, 5.41) is 10.5. The highest BCUT2D eigenvalue weighted by molar-refractivity contribution is 7.10. The maximum absolute atomic E-state index is 12.1. The van der Waals surface area contributed by atoms with Gasteiger partial charge in [0.25, 0.3) is 0 Å². The quantitative estimate of drug-likeness (QED) is 0.656. The van der Waals surface area contributed by atoms with Crippen LogP contribution in [-0.2, 0) is 16.1 Å². The van der Waals surface area contributed by atoms with Crippen molar-refractivity contribution in [3.63, 3.8) is 0 Å². The number of likely N-dealkylation sites (tertiary alicyclic amines) is 1. The summed E-state index contributed by atoms with van der Waals surface area (Å²) >= 11 is 1.46. The topological polar surface area (TPSA) is 57.6 Å². The molecule has 2 amide bonds. The van der Waals surface area contributed by atoms with Crippen molar-refractivity contribution in [2.45, 2.75) is 26.8 Å². The normalized spacial score (nSPS) is 17.5. The molecule has 0 atom stereocenters. The number of thiophene rings is 1. The zero-order valence-electron chi connectivity index (χ0n) is 10.9. The maximum atomic E-state index is 12.1. The number of amides is 2. The van der Waals surface area contributed by atoms with E-state index in [1.165, 1.54) is 16.2 Å². The molecule has 1 N–H and O–H groups in total. The van der Waals surface area contributed by atoms with E-state index in [-0.39, 0.29) is 24.8 Å². The SMILES string of the molecule is CC1(C)CC(=O)N(Cc2cc(C#CCO)cs2)C1=O. The van der Waals surface area contributed by atoms with Crippen LogP contribution in [-0.4, -0.2) is 28.4 Å². The molecule has 1 fully saturated rings. The largest absolute Gasteiger partial charge is 0.384 e. The van der Waals surface area contributed by atoms with Gasteiger partial charge in [0.1, 0.15) is 6.61 Å². The Kier molecular flexibility index (Phi) is 3.74. The van der Waals surface area contributed by atoms with Crippen LogP contribution in [0.15, 0.2) is 11.4 Å². The Morgan fingerprint density at radius 3 is 2.79 bits per heavy atom. The third-order valence-electron chi connectivity index (χ3n) is 3.00. The molecule has 19 heavy (non-hydrogen) atoms. The van der Waals surface area contributed by atoms with E-state index in [1.54, 1.807) is 13.8 Å². The van der Waals surface area contributed by atoms with Crippen molar-refractivity contribution in [3.8, 4) is 11.8 Å². The molecule has 0 aromatic carbocycles. The number of hydrogen-bond donors (Lipinski definition) is 1. The van der Waals surface area contributed by atoms with E-state index in [0.717, 1.165) is 10.4 Å². The molecule has 0 bridgehead atoms. The Morgan fingerprint density at radius 1 is 1.47 bits per heavy atom. The van der Waals surface area contributed by atoms with Crippen molar-refractivity contribution in [2.75, 3.05) is 6.61 Å². The molecule has 2 heterocycles. The summed E-state index contributed by atoms with van der Waals surface area (Å²) in [5.41, 5.74) is 0.209. The number of rotatable bonds is 2. The van der Waals surface area contributed by atoms with Gasteiger partial charge in [0.2, 0.25) is 11.8 Å². The van der Waals surface area contributed by atoms with E-state index in [0.29, 0.717) is 6.54 Å². The Morgan fingerprint density at radius 2 is 2.21 bits per heavy atom. The fraction of sp³-hybridized carbons (Fsp3) is 0.429. The maximum Gasteiger partial charge on any atom is 0.235 e. The number of aliphatic hydroxyl groups is 1. The Labute approximate surface area is 116 Å². The summed E-state index contributed by atoms with van der Waals surface area (Å²) in [6.45, 7) is 3.72. The van der Waals surface area contributed by atoms with Crippen molar-refractivity contribution in [3.05, 3.63) is 21.9 Å². The van der Waals surface area contributed by atoms with Gasteiger partial charge in [0.15, 0.2) is 0 Å². The van der Waals surface area contributed by atoms with Crippen LogP contribution in [0.5, 0.6) is 0 Å². The van der Waals surface area contributed by atoms with E-state index < -0.39 is 5.41 Å². The third kappa shape index (κ3) is 2.86. The predicted molar refractivity (Wildman–Crippen MR) is 72.2 cm³/mol. The summed E-state index contributed by atoms with van der Waals surface area (Å²) in [6, 6.07) is 1.85. The number of imide groups is 1. The average molecular weight is 277 g/mol. The molecule has 4 nitrogen and oxygen atoms in total. The van der Waals surface area contributed by atoms with E-state index >= 15 is 0 Å². The van der Waals surface area contributed by atoms with Gasteiger partial charge in [-0.15, -0.1) is 11.3 Å². The van der Waals surface area contributed by atoms with Crippen LogP contribution in [0.1, 0.15) is 30.7 Å². The second-order valence-electron chi connectivity index (χ2n) is 5.11. The Bertz CT molecular complexity index is 577. The Hall–Kier alpha value is -1.64. The lowest BCUT2D eigenvalue weighted by Crippen LogP contribution is -2.32. The van der Waals surface area contributed by atoms with Crippen molar-refractivity contribution < 1.29 is 14.7 Å². The van der Waals surface area contributed by atoms with Gasteiger partial charge in [-0.2, -0.15) is 0 Å². The van der Waals surface area contributed by atoms with Gasteiger partial charge in [0.05, 0.1) is 12.0 Å². The van der Waals surface area contributed by atoms with E-state index in [2.05, 4.69) is 11.8 Å². The zero-order valence-corrected chi connectivity index (χ0v) is 11.7. The van der Waals surface area contributed by atoms with Gasteiger partial charge in [-0.05, 0) is 6.07 Å². The Balaban J connectivity index is 2.12. The number of hydrogen-bond acceptors (Lipinski definition) is 4. The lowest BCUT2D eigenvalue weighted by Gasteiger charge is -2.16. The lowest BCUT2D eigenvalue weighted by atomic mass is 9.92. The molecule has 0 unspecified atom stereocenters. The van der Waals surface area contributed by atoms with E-state index in [1.807, 2.05) is 11.4 Å². The van der Waals surface area contributed by atoms with E-state index in [9.17, 15) is 9.59 Å². The lowest BCUT2D eigenvalue weighted by molar-refractivity contribution is -0.141. The van der Waals surface area contributed by atoms with Gasteiger partial charge in [-0.25, -0.2) is 0 Å². The first-order chi connectivity index (χ1) is 8.94. The van der Waals surface area contributed by atoms with Crippen LogP contribution in [0.25, 0.3) is 0 Å². The summed E-state index contributed by atoms with van der Waals surface area (Å²) in [4.78, 5) is 26.1. The molecule has 100 valence electrons. The molecule has 2 rings (SSSR count). The molecule has 0 aliphatic carbocycles. The van der Waals surface area contributed by atoms with Crippen LogP contribution < -0.4 is 0 Å². The molecule has 1 saturated heterocycles. The van der Waals surface area contributed by atoms with E-state index in [4.69, 9.17) is 5.11 Å². The van der Waals surface area contributed by atoms with Gasteiger partial charge in [-0.3, -0.25) is 14.5 Å². The highest BCUT2D eigenvalue weighted by atomic mass is 32.1. The van der Waals surface area contributed by atoms with Crippen LogP contribution in [0.3, 0.4) is 0 Å². The van der Waals surface area contributed by atoms with Crippen LogP contribution in [0.4, 0.5) is 0 Å². The minimum absolute atomic E-state index is 0.117. The average Bonchev–Trinajstić information content (AvgIpc) is 2.86. The first-order valence-electron chi connectivity index (χ1n) is 5.96. The number of aliphatic hydroxyl groups excluding tert-OH is 1. The van der Waals surface area contributed by atoms with Crippen molar-refractivity contribution in [1.29, 1.82) is 0 Å². The molecule has 5 heteroatoms. The van der Waals surface area contributed by atoms with Crippen LogP contribution in [0, 0.1) is 17.3 Å². The first-order valence-corrected chi connectivity index (χ1v) is 6.84. The molecule has 0 spiro atoms.